The SMILES string of the molecule is c1ccc(-c2cc(N(c3ccccc3)c3ccccc3)cc(N(c3ccc4c(c3)oc3ccccc34)c3ccc4ccc5cc6oc7ccccc7c6cc5c4c3)c2)cc1. The highest BCUT2D eigenvalue weighted by molar-refractivity contribution is 6.17. The summed E-state index contributed by atoms with van der Waals surface area (Å²) < 4.78 is 12.9. The molecule has 2 heterocycles. The van der Waals surface area contributed by atoms with E-state index in [9.17, 15) is 0 Å². The molecular formula is C56H36N2O2. The zero-order valence-corrected chi connectivity index (χ0v) is 32.5. The summed E-state index contributed by atoms with van der Waals surface area (Å²) in [4.78, 5) is 4.71. The molecule has 4 heteroatoms. The van der Waals surface area contributed by atoms with Crippen LogP contribution < -0.4 is 9.80 Å². The minimum Gasteiger partial charge on any atom is -0.456 e. The van der Waals surface area contributed by atoms with Crippen LogP contribution in [0.25, 0.3) is 76.5 Å². The quantitative estimate of drug-likeness (QED) is 0.151. The van der Waals surface area contributed by atoms with Gasteiger partial charge in [0.15, 0.2) is 0 Å². The molecule has 0 aliphatic carbocycles. The van der Waals surface area contributed by atoms with Crippen molar-refractivity contribution in [2.75, 3.05) is 9.80 Å². The summed E-state index contributed by atoms with van der Waals surface area (Å²) in [6.45, 7) is 0. The van der Waals surface area contributed by atoms with Crippen LogP contribution in [0.5, 0.6) is 0 Å². The van der Waals surface area contributed by atoms with Gasteiger partial charge in [-0.2, -0.15) is 0 Å². The van der Waals surface area contributed by atoms with Gasteiger partial charge in [0.25, 0.3) is 0 Å². The smallest absolute Gasteiger partial charge is 0.137 e. The number of para-hydroxylation sites is 4. The number of nitrogens with zero attached hydrogens (tertiary/aromatic N) is 2. The molecule has 4 nitrogen and oxygen atoms in total. The Morgan fingerprint density at radius 2 is 0.717 bits per heavy atom. The Kier molecular flexibility index (Phi) is 7.82. The summed E-state index contributed by atoms with van der Waals surface area (Å²) in [5.74, 6) is 0. The third-order valence-corrected chi connectivity index (χ3v) is 11.8. The van der Waals surface area contributed by atoms with Crippen LogP contribution in [0, 0.1) is 0 Å². The number of fused-ring (bicyclic) bond motifs is 9. The van der Waals surface area contributed by atoms with Gasteiger partial charge < -0.3 is 18.6 Å². The fraction of sp³-hybridized carbons (Fsp3) is 0. The largest absolute Gasteiger partial charge is 0.456 e. The monoisotopic (exact) mass is 768 g/mol. The molecule has 0 unspecified atom stereocenters. The van der Waals surface area contributed by atoms with Crippen molar-refractivity contribution in [2.45, 2.75) is 0 Å². The Hall–Kier alpha value is -8.08. The van der Waals surface area contributed by atoms with E-state index in [1.165, 1.54) is 16.2 Å². The zero-order chi connectivity index (χ0) is 39.6. The van der Waals surface area contributed by atoms with E-state index in [0.29, 0.717) is 0 Å². The Morgan fingerprint density at radius 1 is 0.233 bits per heavy atom. The normalized spacial score (nSPS) is 11.7. The van der Waals surface area contributed by atoms with Crippen molar-refractivity contribution < 1.29 is 8.83 Å². The maximum Gasteiger partial charge on any atom is 0.137 e. The van der Waals surface area contributed by atoms with Crippen molar-refractivity contribution in [1.82, 2.24) is 0 Å². The maximum atomic E-state index is 6.54. The zero-order valence-electron chi connectivity index (χ0n) is 32.5. The van der Waals surface area contributed by atoms with Gasteiger partial charge in [-0.05, 0) is 124 Å². The Bertz CT molecular complexity index is 3510. The van der Waals surface area contributed by atoms with E-state index in [1.54, 1.807) is 0 Å². The van der Waals surface area contributed by atoms with Gasteiger partial charge in [-0.25, -0.2) is 0 Å². The molecule has 0 atom stereocenters. The molecule has 10 aromatic carbocycles. The average Bonchev–Trinajstić information content (AvgIpc) is 3.87. The molecule has 282 valence electrons. The Labute approximate surface area is 346 Å². The van der Waals surface area contributed by atoms with Crippen LogP contribution in [0.1, 0.15) is 0 Å². The molecule has 60 heavy (non-hydrogen) atoms. The Balaban J connectivity index is 1.13. The van der Waals surface area contributed by atoms with Crippen molar-refractivity contribution in [1.29, 1.82) is 0 Å². The molecule has 12 aromatic rings. The third-order valence-electron chi connectivity index (χ3n) is 11.8. The highest BCUT2D eigenvalue weighted by Crippen LogP contribution is 2.45. The molecule has 0 spiro atoms. The summed E-state index contributed by atoms with van der Waals surface area (Å²) in [7, 11) is 0. The van der Waals surface area contributed by atoms with Crippen LogP contribution >= 0.6 is 0 Å². The van der Waals surface area contributed by atoms with Crippen LogP contribution in [-0.2, 0) is 0 Å². The minimum atomic E-state index is 0.841. The summed E-state index contributed by atoms with van der Waals surface area (Å²) in [6.07, 6.45) is 0. The van der Waals surface area contributed by atoms with Crippen molar-refractivity contribution in [2.24, 2.45) is 0 Å². The first-order chi connectivity index (χ1) is 29.7. The van der Waals surface area contributed by atoms with Crippen LogP contribution in [0.4, 0.5) is 34.1 Å². The first-order valence-electron chi connectivity index (χ1n) is 20.3. The molecule has 0 saturated carbocycles. The van der Waals surface area contributed by atoms with E-state index in [0.717, 1.165) is 94.5 Å². The van der Waals surface area contributed by atoms with E-state index in [4.69, 9.17) is 8.83 Å². The molecule has 0 aliphatic heterocycles. The number of hydrogen-bond donors (Lipinski definition) is 0. The molecule has 2 aromatic heterocycles. The standard InChI is InChI=1S/C56H36N2O2/c1-4-14-37(15-5-1)40-30-45(57(41-16-6-2-7-17-41)42-18-8-3-9-19-42)33-46(31-40)58(44-28-29-49-47-20-10-12-22-53(47)60-56(49)35-44)43-27-26-38-24-25-39-32-55-52(36-51(39)50(38)34-43)48-21-11-13-23-54(48)59-55/h1-36H. The predicted octanol–water partition coefficient (Wildman–Crippen LogP) is 16.4. The maximum absolute atomic E-state index is 6.54. The summed E-state index contributed by atoms with van der Waals surface area (Å²) in [5.41, 5.74) is 12.0. The van der Waals surface area contributed by atoms with Gasteiger partial charge in [-0.15, -0.1) is 0 Å². The molecule has 0 radical (unpaired) electrons. The van der Waals surface area contributed by atoms with Gasteiger partial charge in [0, 0.05) is 61.7 Å². The molecule has 0 bridgehead atoms. The first kappa shape index (κ1) is 34.0. The molecule has 12 rings (SSSR count). The lowest BCUT2D eigenvalue weighted by Crippen LogP contribution is -2.13. The lowest BCUT2D eigenvalue weighted by molar-refractivity contribution is 0.669. The lowest BCUT2D eigenvalue weighted by Gasteiger charge is -2.30. The van der Waals surface area contributed by atoms with Crippen molar-refractivity contribution in [3.8, 4) is 11.1 Å². The molecule has 0 N–H and O–H groups in total. The highest BCUT2D eigenvalue weighted by atomic mass is 16.3. The van der Waals surface area contributed by atoms with Gasteiger partial charge in [0.2, 0.25) is 0 Å². The van der Waals surface area contributed by atoms with E-state index < -0.39 is 0 Å². The lowest BCUT2D eigenvalue weighted by atomic mass is 9.98. The number of benzene rings is 10. The average molecular weight is 769 g/mol. The van der Waals surface area contributed by atoms with E-state index in [2.05, 4.69) is 204 Å². The predicted molar refractivity (Wildman–Crippen MR) is 251 cm³/mol. The molecule has 0 saturated heterocycles. The van der Waals surface area contributed by atoms with Gasteiger partial charge in [-0.3, -0.25) is 0 Å². The number of anilines is 6. The second kappa shape index (κ2) is 13.8. The van der Waals surface area contributed by atoms with E-state index in [-0.39, 0.29) is 0 Å². The van der Waals surface area contributed by atoms with Crippen LogP contribution in [0.3, 0.4) is 0 Å². The second-order valence-corrected chi connectivity index (χ2v) is 15.4. The van der Waals surface area contributed by atoms with Crippen LogP contribution in [0.2, 0.25) is 0 Å². The number of hydrogen-bond acceptors (Lipinski definition) is 4. The van der Waals surface area contributed by atoms with Crippen molar-refractivity contribution in [3.05, 3.63) is 218 Å². The Morgan fingerprint density at radius 3 is 1.40 bits per heavy atom. The topological polar surface area (TPSA) is 32.8 Å². The van der Waals surface area contributed by atoms with Crippen molar-refractivity contribution >= 4 is 99.5 Å². The molecule has 0 amide bonds. The van der Waals surface area contributed by atoms with Gasteiger partial charge in [0.1, 0.15) is 22.3 Å². The van der Waals surface area contributed by atoms with Crippen LogP contribution in [-0.4, -0.2) is 0 Å². The highest BCUT2D eigenvalue weighted by Gasteiger charge is 2.21. The first-order valence-corrected chi connectivity index (χ1v) is 20.3. The summed E-state index contributed by atoms with van der Waals surface area (Å²) in [6, 6.07) is 77.7. The minimum absolute atomic E-state index is 0.841. The van der Waals surface area contributed by atoms with E-state index >= 15 is 0 Å². The van der Waals surface area contributed by atoms with Crippen LogP contribution in [0.15, 0.2) is 227 Å². The fourth-order valence-corrected chi connectivity index (χ4v) is 8.95. The number of furan rings is 2. The molecule has 0 fully saturated rings. The van der Waals surface area contributed by atoms with Gasteiger partial charge in [-0.1, -0.05) is 121 Å². The van der Waals surface area contributed by atoms with Gasteiger partial charge >= 0.3 is 0 Å². The summed E-state index contributed by atoms with van der Waals surface area (Å²) in [5, 5.41) is 9.09. The van der Waals surface area contributed by atoms with E-state index in [1.807, 2.05) is 24.3 Å². The van der Waals surface area contributed by atoms with Crippen molar-refractivity contribution in [3.63, 3.8) is 0 Å². The summed E-state index contributed by atoms with van der Waals surface area (Å²) >= 11 is 0. The molecular weight excluding hydrogens is 733 g/mol. The second-order valence-electron chi connectivity index (χ2n) is 15.4. The van der Waals surface area contributed by atoms with Gasteiger partial charge in [0.05, 0.1) is 0 Å². The number of rotatable bonds is 7. The fourth-order valence-electron chi connectivity index (χ4n) is 8.95. The molecule has 0 aliphatic rings. The third kappa shape index (κ3) is 5.69.